The summed E-state index contributed by atoms with van der Waals surface area (Å²) in [5.74, 6) is -0.253. The van der Waals surface area contributed by atoms with Crippen molar-refractivity contribution in [3.63, 3.8) is 0 Å². The van der Waals surface area contributed by atoms with Crippen LogP contribution in [0, 0.1) is 13.8 Å². The number of aromatic nitrogens is 1. The first-order chi connectivity index (χ1) is 9.47. The summed E-state index contributed by atoms with van der Waals surface area (Å²) >= 11 is 4.94. The number of aryl methyl sites for hydroxylation is 2. The van der Waals surface area contributed by atoms with Crippen LogP contribution in [0.2, 0.25) is 0 Å². The van der Waals surface area contributed by atoms with Crippen LogP contribution < -0.4 is 11.1 Å². The van der Waals surface area contributed by atoms with Crippen LogP contribution >= 0.6 is 12.2 Å². The van der Waals surface area contributed by atoms with Crippen LogP contribution in [0.5, 0.6) is 0 Å². The molecule has 1 amide bonds. The number of benzene rings is 1. The number of carbonyl (C=O) groups is 1. The van der Waals surface area contributed by atoms with Gasteiger partial charge in [0.1, 0.15) is 10.7 Å². The summed E-state index contributed by atoms with van der Waals surface area (Å²) in [5, 5.41) is 2.83. The van der Waals surface area contributed by atoms with E-state index >= 15 is 0 Å². The van der Waals surface area contributed by atoms with Crippen LogP contribution in [0.15, 0.2) is 36.4 Å². The number of carbonyl (C=O) groups excluding carboxylic acids is 1. The molecule has 20 heavy (non-hydrogen) atoms. The molecule has 0 radical (unpaired) electrons. The van der Waals surface area contributed by atoms with Crippen LogP contribution in [0.3, 0.4) is 0 Å². The zero-order valence-electron chi connectivity index (χ0n) is 11.3. The highest BCUT2D eigenvalue weighted by atomic mass is 32.1. The zero-order chi connectivity index (χ0) is 14.7. The Labute approximate surface area is 123 Å². The van der Waals surface area contributed by atoms with Crippen molar-refractivity contribution in [2.45, 2.75) is 13.8 Å². The number of nitrogens with zero attached hydrogens (tertiary/aromatic N) is 1. The fourth-order valence-corrected chi connectivity index (χ4v) is 1.89. The second-order valence-electron chi connectivity index (χ2n) is 4.51. The van der Waals surface area contributed by atoms with Gasteiger partial charge in [0, 0.05) is 16.9 Å². The van der Waals surface area contributed by atoms with E-state index in [0.717, 1.165) is 16.8 Å². The zero-order valence-corrected chi connectivity index (χ0v) is 12.1. The van der Waals surface area contributed by atoms with Crippen LogP contribution in [0.25, 0.3) is 0 Å². The summed E-state index contributed by atoms with van der Waals surface area (Å²) < 4.78 is 0. The topological polar surface area (TPSA) is 68.0 Å². The molecule has 1 heterocycles. The van der Waals surface area contributed by atoms with Gasteiger partial charge in [-0.2, -0.15) is 0 Å². The summed E-state index contributed by atoms with van der Waals surface area (Å²) in [7, 11) is 0. The van der Waals surface area contributed by atoms with E-state index in [-0.39, 0.29) is 5.91 Å². The highest BCUT2D eigenvalue weighted by Crippen LogP contribution is 2.17. The van der Waals surface area contributed by atoms with E-state index in [0.29, 0.717) is 16.4 Å². The van der Waals surface area contributed by atoms with E-state index < -0.39 is 0 Å². The number of rotatable bonds is 3. The Morgan fingerprint density at radius 2 is 2.00 bits per heavy atom. The number of thiocarbonyl (C=S) groups is 1. The molecular formula is C15H15N3OS. The quantitative estimate of drug-likeness (QED) is 0.851. The van der Waals surface area contributed by atoms with Gasteiger partial charge in [0.15, 0.2) is 0 Å². The number of nitrogens with one attached hydrogen (secondary N) is 1. The predicted molar refractivity (Wildman–Crippen MR) is 84.0 cm³/mol. The number of hydrogen-bond acceptors (Lipinski definition) is 3. The van der Waals surface area contributed by atoms with Crippen LogP contribution in [0.1, 0.15) is 27.3 Å². The van der Waals surface area contributed by atoms with Gasteiger partial charge in [-0.3, -0.25) is 4.79 Å². The van der Waals surface area contributed by atoms with Crippen LogP contribution in [-0.4, -0.2) is 15.9 Å². The van der Waals surface area contributed by atoms with E-state index in [4.69, 9.17) is 18.0 Å². The molecule has 3 N–H and O–H groups in total. The first-order valence-corrected chi connectivity index (χ1v) is 6.53. The van der Waals surface area contributed by atoms with Gasteiger partial charge in [-0.15, -0.1) is 0 Å². The highest BCUT2D eigenvalue weighted by Gasteiger charge is 2.10. The Morgan fingerprint density at radius 1 is 1.25 bits per heavy atom. The molecule has 0 saturated heterocycles. The average Bonchev–Trinajstić information content (AvgIpc) is 2.41. The third kappa shape index (κ3) is 3.19. The maximum Gasteiger partial charge on any atom is 0.274 e. The Balaban J connectivity index is 2.27. The average molecular weight is 285 g/mol. The molecule has 102 valence electrons. The van der Waals surface area contributed by atoms with Gasteiger partial charge in [-0.25, -0.2) is 4.98 Å². The molecule has 0 aliphatic carbocycles. The maximum atomic E-state index is 12.2. The van der Waals surface area contributed by atoms with Crippen molar-refractivity contribution in [2.24, 2.45) is 5.73 Å². The Hall–Kier alpha value is -2.27. The summed E-state index contributed by atoms with van der Waals surface area (Å²) in [4.78, 5) is 16.7. The molecular weight excluding hydrogens is 270 g/mol. The molecule has 1 aromatic carbocycles. The van der Waals surface area contributed by atoms with Gasteiger partial charge < -0.3 is 11.1 Å². The number of anilines is 1. The van der Waals surface area contributed by atoms with Crippen molar-refractivity contribution in [1.82, 2.24) is 4.98 Å². The Morgan fingerprint density at radius 3 is 2.65 bits per heavy atom. The molecule has 4 nitrogen and oxygen atoms in total. The molecule has 0 bridgehead atoms. The molecule has 0 fully saturated rings. The fraction of sp³-hybridized carbons (Fsp3) is 0.133. The molecule has 2 rings (SSSR count). The predicted octanol–water partition coefficient (Wildman–Crippen LogP) is 2.58. The van der Waals surface area contributed by atoms with Crippen molar-refractivity contribution in [3.8, 4) is 0 Å². The van der Waals surface area contributed by atoms with Crippen molar-refractivity contribution < 1.29 is 4.79 Å². The summed E-state index contributed by atoms with van der Waals surface area (Å²) in [6, 6.07) is 10.8. The van der Waals surface area contributed by atoms with E-state index in [2.05, 4.69) is 10.3 Å². The lowest BCUT2D eigenvalue weighted by molar-refractivity contribution is 0.102. The fourth-order valence-electron chi connectivity index (χ4n) is 1.77. The molecule has 0 spiro atoms. The second-order valence-corrected chi connectivity index (χ2v) is 4.95. The van der Waals surface area contributed by atoms with Gasteiger partial charge in [0.05, 0.1) is 0 Å². The van der Waals surface area contributed by atoms with E-state index in [1.54, 1.807) is 18.2 Å². The number of pyridine rings is 1. The Kier molecular flexibility index (Phi) is 4.10. The molecule has 0 aliphatic rings. The van der Waals surface area contributed by atoms with Crippen molar-refractivity contribution in [2.75, 3.05) is 5.32 Å². The summed E-state index contributed by atoms with van der Waals surface area (Å²) in [5.41, 5.74) is 9.12. The SMILES string of the molecule is Cc1cccc(C(=O)Nc2cc(C(N)=S)ccc2C)n1. The van der Waals surface area contributed by atoms with Gasteiger partial charge in [0.2, 0.25) is 0 Å². The molecule has 1 aromatic heterocycles. The molecule has 0 aliphatic heterocycles. The molecule has 0 saturated carbocycles. The van der Waals surface area contributed by atoms with Crippen molar-refractivity contribution >= 4 is 28.8 Å². The molecule has 0 atom stereocenters. The summed E-state index contributed by atoms with van der Waals surface area (Å²) in [6.45, 7) is 3.75. The van der Waals surface area contributed by atoms with E-state index in [1.165, 1.54) is 0 Å². The smallest absolute Gasteiger partial charge is 0.274 e. The third-order valence-electron chi connectivity index (χ3n) is 2.89. The third-order valence-corrected chi connectivity index (χ3v) is 3.13. The van der Waals surface area contributed by atoms with E-state index in [9.17, 15) is 4.79 Å². The van der Waals surface area contributed by atoms with Crippen LogP contribution in [-0.2, 0) is 0 Å². The van der Waals surface area contributed by atoms with Gasteiger partial charge in [-0.1, -0.05) is 30.4 Å². The lowest BCUT2D eigenvalue weighted by atomic mass is 10.1. The minimum absolute atomic E-state index is 0.253. The maximum absolute atomic E-state index is 12.2. The number of hydrogen-bond donors (Lipinski definition) is 2. The Bertz CT molecular complexity index is 683. The van der Waals surface area contributed by atoms with Crippen molar-refractivity contribution in [3.05, 3.63) is 58.9 Å². The first kappa shape index (κ1) is 14.1. The second kappa shape index (κ2) is 5.79. The summed E-state index contributed by atoms with van der Waals surface area (Å²) in [6.07, 6.45) is 0. The lowest BCUT2D eigenvalue weighted by Crippen LogP contribution is -2.16. The normalized spacial score (nSPS) is 10.1. The molecule has 2 aromatic rings. The van der Waals surface area contributed by atoms with Crippen molar-refractivity contribution in [1.29, 1.82) is 0 Å². The number of nitrogens with two attached hydrogens (primary N) is 1. The van der Waals surface area contributed by atoms with E-state index in [1.807, 2.05) is 32.0 Å². The van der Waals surface area contributed by atoms with Gasteiger partial charge >= 0.3 is 0 Å². The van der Waals surface area contributed by atoms with Gasteiger partial charge in [-0.05, 0) is 37.6 Å². The minimum atomic E-state index is -0.253. The first-order valence-electron chi connectivity index (χ1n) is 6.13. The minimum Gasteiger partial charge on any atom is -0.389 e. The lowest BCUT2D eigenvalue weighted by Gasteiger charge is -2.10. The van der Waals surface area contributed by atoms with Crippen LogP contribution in [0.4, 0.5) is 5.69 Å². The standard InChI is InChI=1S/C15H15N3OS/c1-9-6-7-11(14(16)20)8-13(9)18-15(19)12-5-3-4-10(2)17-12/h3-8H,1-2H3,(H2,16,20)(H,18,19). The molecule has 5 heteroatoms. The van der Waals surface area contributed by atoms with Gasteiger partial charge in [0.25, 0.3) is 5.91 Å². The monoisotopic (exact) mass is 285 g/mol. The highest BCUT2D eigenvalue weighted by molar-refractivity contribution is 7.80. The molecule has 0 unspecified atom stereocenters. The number of amides is 1. The largest absolute Gasteiger partial charge is 0.389 e.